The zero-order valence-corrected chi connectivity index (χ0v) is 12.0. The van der Waals surface area contributed by atoms with Crippen LogP contribution in [0.4, 0.5) is 0 Å². The van der Waals surface area contributed by atoms with Crippen molar-refractivity contribution in [3.63, 3.8) is 0 Å². The zero-order valence-electron chi connectivity index (χ0n) is 8.84. The van der Waals surface area contributed by atoms with Gasteiger partial charge in [0.25, 0.3) is 5.91 Å². The van der Waals surface area contributed by atoms with Gasteiger partial charge in [0.1, 0.15) is 5.75 Å². The highest BCUT2D eigenvalue weighted by Crippen LogP contribution is 2.22. The summed E-state index contributed by atoms with van der Waals surface area (Å²) in [6.07, 6.45) is 0.842. The second-order valence-corrected chi connectivity index (χ2v) is 4.96. The summed E-state index contributed by atoms with van der Waals surface area (Å²) in [6.45, 7) is 1.99. The van der Waals surface area contributed by atoms with Crippen LogP contribution < -0.4 is 5.32 Å². The van der Waals surface area contributed by atoms with Crippen molar-refractivity contribution in [1.82, 2.24) is 5.32 Å². The molecule has 16 heavy (non-hydrogen) atoms. The fraction of sp³-hybridized carbons (Fsp3) is 0.364. The van der Waals surface area contributed by atoms with Gasteiger partial charge in [0, 0.05) is 15.8 Å². The minimum absolute atomic E-state index is 0.0173. The average Bonchev–Trinajstić information content (AvgIpc) is 2.25. The van der Waals surface area contributed by atoms with Gasteiger partial charge >= 0.3 is 0 Å². The molecule has 1 aromatic rings. The van der Waals surface area contributed by atoms with Crippen LogP contribution >= 0.6 is 31.9 Å². The highest BCUT2D eigenvalue weighted by molar-refractivity contribution is 9.10. The van der Waals surface area contributed by atoms with Crippen molar-refractivity contribution in [3.8, 4) is 5.75 Å². The first-order valence-corrected chi connectivity index (χ1v) is 6.85. The smallest absolute Gasteiger partial charge is 0.255 e. The average molecular weight is 351 g/mol. The van der Waals surface area contributed by atoms with E-state index >= 15 is 0 Å². The van der Waals surface area contributed by atoms with Crippen molar-refractivity contribution in [1.29, 1.82) is 0 Å². The molecule has 0 aromatic heterocycles. The van der Waals surface area contributed by atoms with Crippen LogP contribution in [-0.2, 0) is 0 Å². The first-order chi connectivity index (χ1) is 7.58. The van der Waals surface area contributed by atoms with Crippen molar-refractivity contribution in [2.75, 3.05) is 5.33 Å². The van der Waals surface area contributed by atoms with Crippen LogP contribution in [-0.4, -0.2) is 22.4 Å². The molecular formula is C11H13Br2NO2. The van der Waals surface area contributed by atoms with Gasteiger partial charge in [-0.1, -0.05) is 38.8 Å². The minimum atomic E-state index is -0.253. The van der Waals surface area contributed by atoms with E-state index in [1.165, 1.54) is 6.07 Å². The van der Waals surface area contributed by atoms with Crippen molar-refractivity contribution >= 4 is 37.8 Å². The third-order valence-electron chi connectivity index (χ3n) is 2.22. The van der Waals surface area contributed by atoms with Crippen LogP contribution in [0.15, 0.2) is 22.7 Å². The second kappa shape index (κ2) is 6.25. The number of alkyl halides is 1. The van der Waals surface area contributed by atoms with Crippen LogP contribution in [0.5, 0.6) is 5.75 Å². The van der Waals surface area contributed by atoms with Crippen LogP contribution in [0.1, 0.15) is 23.7 Å². The number of aromatic hydroxyl groups is 1. The molecular weight excluding hydrogens is 338 g/mol. The van der Waals surface area contributed by atoms with E-state index in [-0.39, 0.29) is 17.7 Å². The minimum Gasteiger partial charge on any atom is -0.507 e. The van der Waals surface area contributed by atoms with Crippen molar-refractivity contribution in [3.05, 3.63) is 28.2 Å². The fourth-order valence-electron chi connectivity index (χ4n) is 1.21. The number of carbonyl (C=O) groups is 1. The summed E-state index contributed by atoms with van der Waals surface area (Å²) >= 11 is 6.55. The Morgan fingerprint density at radius 2 is 2.25 bits per heavy atom. The van der Waals surface area contributed by atoms with E-state index < -0.39 is 0 Å². The molecule has 0 heterocycles. The molecule has 3 nitrogen and oxygen atoms in total. The summed E-state index contributed by atoms with van der Waals surface area (Å²) < 4.78 is 0.745. The van der Waals surface area contributed by atoms with Gasteiger partial charge in [-0.3, -0.25) is 4.79 Å². The van der Waals surface area contributed by atoms with Crippen LogP contribution in [0.3, 0.4) is 0 Å². The Hall–Kier alpha value is -0.550. The number of halogens is 2. The van der Waals surface area contributed by atoms with E-state index in [2.05, 4.69) is 37.2 Å². The summed E-state index contributed by atoms with van der Waals surface area (Å²) in [6, 6.07) is 4.90. The fourth-order valence-corrected chi connectivity index (χ4v) is 2.18. The maximum absolute atomic E-state index is 11.8. The van der Waals surface area contributed by atoms with Gasteiger partial charge < -0.3 is 10.4 Å². The van der Waals surface area contributed by atoms with E-state index in [9.17, 15) is 9.90 Å². The summed E-state index contributed by atoms with van der Waals surface area (Å²) in [7, 11) is 0. The quantitative estimate of drug-likeness (QED) is 0.820. The number of amides is 1. The molecule has 0 bridgehead atoms. The molecule has 1 unspecified atom stereocenters. The Labute approximate surface area is 111 Å². The number of hydrogen-bond acceptors (Lipinski definition) is 2. The number of phenolic OH excluding ortho intramolecular Hbond substituents is 1. The summed E-state index contributed by atoms with van der Waals surface area (Å²) in [5.74, 6) is -0.271. The lowest BCUT2D eigenvalue weighted by molar-refractivity contribution is 0.0937. The predicted octanol–water partition coefficient (Wildman–Crippen LogP) is 3.06. The van der Waals surface area contributed by atoms with Gasteiger partial charge in [-0.2, -0.15) is 0 Å². The molecule has 5 heteroatoms. The van der Waals surface area contributed by atoms with Gasteiger partial charge in [0.05, 0.1) is 5.56 Å². The molecule has 1 amide bonds. The Morgan fingerprint density at radius 3 is 2.75 bits per heavy atom. The Morgan fingerprint density at radius 1 is 1.56 bits per heavy atom. The first-order valence-electron chi connectivity index (χ1n) is 4.93. The SMILES string of the molecule is CCC(CBr)NC(=O)c1ccc(Br)cc1O. The number of benzene rings is 1. The van der Waals surface area contributed by atoms with Gasteiger partial charge in [0.2, 0.25) is 0 Å². The van der Waals surface area contributed by atoms with Crippen molar-refractivity contribution in [2.24, 2.45) is 0 Å². The van der Waals surface area contributed by atoms with E-state index in [1.54, 1.807) is 12.1 Å². The molecule has 0 saturated heterocycles. The van der Waals surface area contributed by atoms with Crippen LogP contribution in [0.2, 0.25) is 0 Å². The molecule has 88 valence electrons. The molecule has 1 aromatic carbocycles. The molecule has 1 atom stereocenters. The summed E-state index contributed by atoms with van der Waals surface area (Å²) in [5.41, 5.74) is 0.294. The highest BCUT2D eigenvalue weighted by Gasteiger charge is 2.14. The number of carbonyl (C=O) groups excluding carboxylic acids is 1. The van der Waals surface area contributed by atoms with Gasteiger partial charge in [-0.15, -0.1) is 0 Å². The first kappa shape index (κ1) is 13.5. The molecule has 0 aliphatic heterocycles. The molecule has 0 radical (unpaired) electrons. The number of nitrogens with one attached hydrogen (secondary N) is 1. The lowest BCUT2D eigenvalue weighted by atomic mass is 10.1. The Bertz CT molecular complexity index is 378. The Kier molecular flexibility index (Phi) is 5.28. The number of rotatable bonds is 4. The van der Waals surface area contributed by atoms with Crippen LogP contribution in [0, 0.1) is 0 Å². The van der Waals surface area contributed by atoms with E-state index in [0.717, 1.165) is 10.9 Å². The third kappa shape index (κ3) is 3.49. The number of hydrogen-bond donors (Lipinski definition) is 2. The summed E-state index contributed by atoms with van der Waals surface area (Å²) in [4.78, 5) is 11.8. The second-order valence-electron chi connectivity index (χ2n) is 3.39. The third-order valence-corrected chi connectivity index (χ3v) is 3.49. The largest absolute Gasteiger partial charge is 0.507 e. The number of phenols is 1. The molecule has 0 spiro atoms. The van der Waals surface area contributed by atoms with Gasteiger partial charge in [0.15, 0.2) is 0 Å². The van der Waals surface area contributed by atoms with E-state index in [1.807, 2.05) is 6.92 Å². The standard InChI is InChI=1S/C11H13Br2NO2/c1-2-8(6-12)14-11(16)9-4-3-7(13)5-10(9)15/h3-5,8,15H,2,6H2,1H3,(H,14,16). The van der Waals surface area contributed by atoms with Crippen molar-refractivity contribution < 1.29 is 9.90 Å². The molecule has 0 aliphatic carbocycles. The lowest BCUT2D eigenvalue weighted by Crippen LogP contribution is -2.35. The van der Waals surface area contributed by atoms with E-state index in [0.29, 0.717) is 10.9 Å². The van der Waals surface area contributed by atoms with Gasteiger partial charge in [-0.05, 0) is 24.6 Å². The predicted molar refractivity (Wildman–Crippen MR) is 71.1 cm³/mol. The molecule has 0 aliphatic rings. The molecule has 0 fully saturated rings. The molecule has 1 rings (SSSR count). The van der Waals surface area contributed by atoms with Crippen molar-refractivity contribution in [2.45, 2.75) is 19.4 Å². The maximum atomic E-state index is 11.8. The lowest BCUT2D eigenvalue weighted by Gasteiger charge is -2.14. The molecule has 0 saturated carbocycles. The zero-order chi connectivity index (χ0) is 12.1. The van der Waals surface area contributed by atoms with Gasteiger partial charge in [-0.25, -0.2) is 0 Å². The monoisotopic (exact) mass is 349 g/mol. The maximum Gasteiger partial charge on any atom is 0.255 e. The Balaban J connectivity index is 2.80. The van der Waals surface area contributed by atoms with E-state index in [4.69, 9.17) is 0 Å². The topological polar surface area (TPSA) is 49.3 Å². The molecule has 2 N–H and O–H groups in total. The normalized spacial score (nSPS) is 12.2. The van der Waals surface area contributed by atoms with Crippen LogP contribution in [0.25, 0.3) is 0 Å². The summed E-state index contributed by atoms with van der Waals surface area (Å²) in [5, 5.41) is 13.2. The highest BCUT2D eigenvalue weighted by atomic mass is 79.9.